The minimum absolute atomic E-state index is 0. The predicted molar refractivity (Wildman–Crippen MR) is 78.4 cm³/mol. The monoisotopic (exact) mass is 332 g/mol. The van der Waals surface area contributed by atoms with E-state index in [9.17, 15) is 13.0 Å². The molecule has 0 aliphatic heterocycles. The van der Waals surface area contributed by atoms with E-state index in [1.54, 1.807) is 0 Å². The number of aliphatic hydroxyl groups excluding tert-OH is 1. The van der Waals surface area contributed by atoms with Gasteiger partial charge in [-0.1, -0.05) is 64.7 Å². The quantitative estimate of drug-likeness (QED) is 0.206. The molecule has 0 aromatic heterocycles. The predicted octanol–water partition coefficient (Wildman–Crippen LogP) is -0.208. The minimum atomic E-state index is -4.41. The summed E-state index contributed by atoms with van der Waals surface area (Å²) in [6.07, 6.45) is 10.5. The van der Waals surface area contributed by atoms with Gasteiger partial charge in [0, 0.05) is 6.61 Å². The van der Waals surface area contributed by atoms with Crippen molar-refractivity contribution in [2.45, 2.75) is 77.4 Å². The smallest absolute Gasteiger partial charge is 0.748 e. The van der Waals surface area contributed by atoms with E-state index in [1.807, 2.05) is 0 Å². The summed E-state index contributed by atoms with van der Waals surface area (Å²) in [7, 11) is -4.41. The van der Waals surface area contributed by atoms with Crippen LogP contribution in [0, 0.1) is 0 Å². The number of ether oxygens (including phenoxy) is 1. The molecule has 0 aromatic rings. The van der Waals surface area contributed by atoms with Crippen molar-refractivity contribution in [2.24, 2.45) is 0 Å². The third-order valence-electron chi connectivity index (χ3n) is 3.15. The Morgan fingerprint density at radius 2 is 1.38 bits per heavy atom. The summed E-state index contributed by atoms with van der Waals surface area (Å²) in [5.74, 6) is -0.870. The number of unbranched alkanes of at least 4 members (excludes halogenated alkanes) is 9. The first-order valence-electron chi connectivity index (χ1n) is 7.69. The standard InChI is InChI=1S/C14H30O5S.Na/c1-2-3-4-5-6-7-8-9-10-11-12-19-14(15)13-20(16,17)18;/h14-15H,2-13H2,1H3,(H,16,17,18);/q;+1/p-1. The van der Waals surface area contributed by atoms with Gasteiger partial charge in [-0.2, -0.15) is 0 Å². The average molecular weight is 332 g/mol. The number of hydrogen-bond acceptors (Lipinski definition) is 5. The molecular formula is C14H29NaO5S. The van der Waals surface area contributed by atoms with Crippen LogP contribution < -0.4 is 29.6 Å². The van der Waals surface area contributed by atoms with E-state index < -0.39 is 22.2 Å². The second kappa shape index (κ2) is 15.7. The molecule has 1 atom stereocenters. The van der Waals surface area contributed by atoms with Gasteiger partial charge in [0.2, 0.25) is 0 Å². The molecule has 0 heterocycles. The number of hydrogen-bond donors (Lipinski definition) is 1. The van der Waals surface area contributed by atoms with E-state index >= 15 is 0 Å². The average Bonchev–Trinajstić information content (AvgIpc) is 2.34. The first-order chi connectivity index (χ1) is 9.45. The van der Waals surface area contributed by atoms with Crippen LogP contribution in [0.25, 0.3) is 0 Å². The van der Waals surface area contributed by atoms with Gasteiger partial charge in [0.1, 0.15) is 0 Å². The van der Waals surface area contributed by atoms with Crippen LogP contribution in [0.2, 0.25) is 0 Å². The second-order valence-corrected chi connectivity index (χ2v) is 6.68. The van der Waals surface area contributed by atoms with Crippen LogP contribution in [0.15, 0.2) is 0 Å². The SMILES string of the molecule is CCCCCCCCCCCCOC(O)CS(=O)(=O)[O-].[Na+]. The number of aliphatic hydroxyl groups is 1. The Kier molecular flexibility index (Phi) is 18.0. The van der Waals surface area contributed by atoms with Crippen molar-refractivity contribution in [3.63, 3.8) is 0 Å². The van der Waals surface area contributed by atoms with Gasteiger partial charge in [-0.3, -0.25) is 0 Å². The first-order valence-corrected chi connectivity index (χ1v) is 9.26. The van der Waals surface area contributed by atoms with E-state index in [0.717, 1.165) is 19.3 Å². The molecule has 1 N–H and O–H groups in total. The van der Waals surface area contributed by atoms with Crippen LogP contribution in [0.5, 0.6) is 0 Å². The Bertz CT molecular complexity index is 308. The van der Waals surface area contributed by atoms with Crippen molar-refractivity contribution in [1.29, 1.82) is 0 Å². The van der Waals surface area contributed by atoms with Crippen LogP contribution in [0.1, 0.15) is 71.1 Å². The molecule has 0 aliphatic rings. The fourth-order valence-electron chi connectivity index (χ4n) is 2.03. The van der Waals surface area contributed by atoms with Crippen molar-refractivity contribution >= 4 is 10.1 Å². The molecule has 0 fully saturated rings. The summed E-state index contributed by atoms with van der Waals surface area (Å²) in [5.41, 5.74) is 0. The topological polar surface area (TPSA) is 86.7 Å². The Hall–Kier alpha value is 0.830. The van der Waals surface area contributed by atoms with Crippen molar-refractivity contribution in [3.8, 4) is 0 Å². The Morgan fingerprint density at radius 3 is 1.81 bits per heavy atom. The first kappa shape index (κ1) is 24.1. The maximum atomic E-state index is 10.3. The largest absolute Gasteiger partial charge is 1.00 e. The summed E-state index contributed by atoms with van der Waals surface area (Å²) in [5, 5.41) is 9.13. The molecule has 5 nitrogen and oxygen atoms in total. The molecule has 0 rings (SSSR count). The zero-order chi connectivity index (χ0) is 15.3. The molecule has 0 amide bonds. The molecule has 7 heteroatoms. The van der Waals surface area contributed by atoms with Gasteiger partial charge in [-0.25, -0.2) is 8.42 Å². The van der Waals surface area contributed by atoms with Crippen LogP contribution >= 0.6 is 0 Å². The summed E-state index contributed by atoms with van der Waals surface area (Å²) >= 11 is 0. The third kappa shape index (κ3) is 20.8. The molecule has 0 spiro atoms. The summed E-state index contributed by atoms with van der Waals surface area (Å²) < 4.78 is 35.9. The van der Waals surface area contributed by atoms with Crippen LogP contribution in [0.4, 0.5) is 0 Å². The van der Waals surface area contributed by atoms with Gasteiger partial charge >= 0.3 is 29.6 Å². The van der Waals surface area contributed by atoms with Crippen LogP contribution in [-0.2, 0) is 14.9 Å². The molecule has 1 unspecified atom stereocenters. The minimum Gasteiger partial charge on any atom is -0.748 e. The molecule has 0 radical (unpaired) electrons. The molecule has 122 valence electrons. The van der Waals surface area contributed by atoms with E-state index in [1.165, 1.54) is 44.9 Å². The van der Waals surface area contributed by atoms with E-state index in [2.05, 4.69) is 6.92 Å². The summed E-state index contributed by atoms with van der Waals surface area (Å²) in [6, 6.07) is 0. The van der Waals surface area contributed by atoms with Gasteiger partial charge in [0.05, 0.1) is 15.9 Å². The molecule has 0 saturated carbocycles. The van der Waals surface area contributed by atoms with Crippen molar-refractivity contribution in [3.05, 3.63) is 0 Å². The molecular weight excluding hydrogens is 303 g/mol. The normalized spacial score (nSPS) is 12.9. The Morgan fingerprint density at radius 1 is 0.952 bits per heavy atom. The zero-order valence-electron chi connectivity index (χ0n) is 13.6. The van der Waals surface area contributed by atoms with Crippen molar-refractivity contribution in [2.75, 3.05) is 12.4 Å². The van der Waals surface area contributed by atoms with Gasteiger partial charge in [-0.05, 0) is 6.42 Å². The van der Waals surface area contributed by atoms with Gasteiger partial charge in [-0.15, -0.1) is 0 Å². The molecule has 0 saturated heterocycles. The van der Waals surface area contributed by atoms with Crippen molar-refractivity contribution < 1.29 is 52.4 Å². The molecule has 0 aliphatic carbocycles. The molecule has 0 bridgehead atoms. The van der Waals surface area contributed by atoms with E-state index in [-0.39, 0.29) is 29.6 Å². The van der Waals surface area contributed by atoms with Crippen molar-refractivity contribution in [1.82, 2.24) is 0 Å². The zero-order valence-corrected chi connectivity index (χ0v) is 16.4. The Balaban J connectivity index is 0. The molecule has 21 heavy (non-hydrogen) atoms. The van der Waals surface area contributed by atoms with Gasteiger partial charge in [0.15, 0.2) is 6.29 Å². The summed E-state index contributed by atoms with van der Waals surface area (Å²) in [6.45, 7) is 2.51. The fraction of sp³-hybridized carbons (Fsp3) is 1.00. The summed E-state index contributed by atoms with van der Waals surface area (Å²) in [4.78, 5) is 0. The van der Waals surface area contributed by atoms with Gasteiger partial charge < -0.3 is 14.4 Å². The molecule has 0 aromatic carbocycles. The third-order valence-corrected chi connectivity index (χ3v) is 3.85. The van der Waals surface area contributed by atoms with Crippen LogP contribution in [0.3, 0.4) is 0 Å². The maximum Gasteiger partial charge on any atom is 1.00 e. The fourth-order valence-corrected chi connectivity index (χ4v) is 2.48. The Labute approximate surface area is 151 Å². The van der Waals surface area contributed by atoms with Gasteiger partial charge in [0.25, 0.3) is 0 Å². The van der Waals surface area contributed by atoms with E-state index in [0.29, 0.717) is 6.61 Å². The van der Waals surface area contributed by atoms with E-state index in [4.69, 9.17) is 9.84 Å². The number of rotatable bonds is 14. The second-order valence-electron chi connectivity index (χ2n) is 5.23. The maximum absolute atomic E-state index is 10.3. The van der Waals surface area contributed by atoms with Crippen LogP contribution in [-0.4, -0.2) is 36.7 Å².